The Hall–Kier alpha value is -1.06. The quantitative estimate of drug-likeness (QED) is 0.805. The van der Waals surface area contributed by atoms with E-state index in [0.29, 0.717) is 6.04 Å². The summed E-state index contributed by atoms with van der Waals surface area (Å²) >= 11 is 0. The minimum Gasteiger partial charge on any atom is -0.496 e. The molecule has 0 saturated carbocycles. The maximum atomic E-state index is 5.42. The number of benzene rings is 1. The lowest BCUT2D eigenvalue weighted by Crippen LogP contribution is -2.22. The molecule has 0 heterocycles. The summed E-state index contributed by atoms with van der Waals surface area (Å²) in [5.74, 6) is 0.976. The predicted molar refractivity (Wildman–Crippen MR) is 77.0 cm³/mol. The maximum absolute atomic E-state index is 5.42. The van der Waals surface area contributed by atoms with Crippen molar-refractivity contribution in [2.24, 2.45) is 0 Å². The molecule has 102 valence electrons. The van der Waals surface area contributed by atoms with Crippen LogP contribution in [0.2, 0.25) is 0 Å². The number of methoxy groups -OCH3 is 1. The van der Waals surface area contributed by atoms with Crippen molar-refractivity contribution in [1.82, 2.24) is 10.2 Å². The predicted octanol–water partition coefficient (Wildman–Crippen LogP) is 2.64. The van der Waals surface area contributed by atoms with Gasteiger partial charge in [-0.1, -0.05) is 26.8 Å². The van der Waals surface area contributed by atoms with Crippen molar-refractivity contribution >= 4 is 0 Å². The van der Waals surface area contributed by atoms with Crippen LogP contribution in [0.3, 0.4) is 0 Å². The van der Waals surface area contributed by atoms with Gasteiger partial charge in [-0.25, -0.2) is 0 Å². The van der Waals surface area contributed by atoms with E-state index in [9.17, 15) is 0 Å². The van der Waals surface area contributed by atoms with Crippen LogP contribution in [0.25, 0.3) is 0 Å². The summed E-state index contributed by atoms with van der Waals surface area (Å²) in [5, 5.41) is 3.44. The Labute approximate surface area is 111 Å². The Kier molecular flexibility index (Phi) is 6.16. The smallest absolute Gasteiger partial charge is 0.123 e. The molecule has 18 heavy (non-hydrogen) atoms. The molecule has 0 aliphatic carbocycles. The average Bonchev–Trinajstić information content (AvgIpc) is 2.36. The Morgan fingerprint density at radius 2 is 2.06 bits per heavy atom. The first-order valence-electron chi connectivity index (χ1n) is 6.64. The standard InChI is InChI=1S/C15H26N2O/c1-6-17(4)11-14-9-13(10-16-12(2)3)7-8-15(14)18-5/h7-9,12,16H,6,10-11H2,1-5H3. The van der Waals surface area contributed by atoms with Crippen LogP contribution in [0.4, 0.5) is 0 Å². The molecule has 0 aromatic heterocycles. The molecule has 0 aliphatic rings. The number of nitrogens with one attached hydrogen (secondary N) is 1. The van der Waals surface area contributed by atoms with Crippen LogP contribution in [-0.4, -0.2) is 31.6 Å². The molecule has 1 aromatic carbocycles. The van der Waals surface area contributed by atoms with E-state index in [2.05, 4.69) is 56.2 Å². The molecule has 0 radical (unpaired) electrons. The molecule has 3 heteroatoms. The number of nitrogens with zero attached hydrogens (tertiary/aromatic N) is 1. The Balaban J connectivity index is 2.80. The van der Waals surface area contributed by atoms with E-state index < -0.39 is 0 Å². The molecule has 1 rings (SSSR count). The summed E-state index contributed by atoms with van der Waals surface area (Å²) in [5.41, 5.74) is 2.56. The second kappa shape index (κ2) is 7.39. The molecule has 0 bridgehead atoms. The number of ether oxygens (including phenoxy) is 1. The topological polar surface area (TPSA) is 24.5 Å². The fourth-order valence-corrected chi connectivity index (χ4v) is 1.79. The zero-order valence-electron chi connectivity index (χ0n) is 12.3. The molecule has 3 nitrogen and oxygen atoms in total. The van der Waals surface area contributed by atoms with Gasteiger partial charge in [0, 0.05) is 24.7 Å². The van der Waals surface area contributed by atoms with Gasteiger partial charge < -0.3 is 15.0 Å². The molecule has 0 unspecified atom stereocenters. The lowest BCUT2D eigenvalue weighted by molar-refractivity contribution is 0.333. The zero-order chi connectivity index (χ0) is 13.5. The van der Waals surface area contributed by atoms with Crippen LogP contribution in [-0.2, 0) is 13.1 Å². The van der Waals surface area contributed by atoms with Gasteiger partial charge in [-0.15, -0.1) is 0 Å². The summed E-state index contributed by atoms with van der Waals surface area (Å²) in [6.07, 6.45) is 0. The molecule has 0 amide bonds. The van der Waals surface area contributed by atoms with Crippen LogP contribution < -0.4 is 10.1 Å². The highest BCUT2D eigenvalue weighted by Crippen LogP contribution is 2.21. The van der Waals surface area contributed by atoms with Crippen LogP contribution >= 0.6 is 0 Å². The fraction of sp³-hybridized carbons (Fsp3) is 0.600. The summed E-state index contributed by atoms with van der Waals surface area (Å²) in [4.78, 5) is 2.28. The highest BCUT2D eigenvalue weighted by Gasteiger charge is 2.07. The van der Waals surface area contributed by atoms with Gasteiger partial charge in [0.05, 0.1) is 7.11 Å². The van der Waals surface area contributed by atoms with Crippen LogP contribution in [0.5, 0.6) is 5.75 Å². The molecule has 0 saturated heterocycles. The first-order chi connectivity index (χ1) is 8.56. The Morgan fingerprint density at radius 1 is 1.33 bits per heavy atom. The largest absolute Gasteiger partial charge is 0.496 e. The van der Waals surface area contributed by atoms with Crippen LogP contribution in [0.1, 0.15) is 31.9 Å². The van der Waals surface area contributed by atoms with E-state index in [0.717, 1.165) is 25.4 Å². The summed E-state index contributed by atoms with van der Waals surface area (Å²) in [6.45, 7) is 9.36. The highest BCUT2D eigenvalue weighted by atomic mass is 16.5. The van der Waals surface area contributed by atoms with Gasteiger partial charge in [0.2, 0.25) is 0 Å². The van der Waals surface area contributed by atoms with E-state index in [1.54, 1.807) is 7.11 Å². The third-order valence-electron chi connectivity index (χ3n) is 3.04. The summed E-state index contributed by atoms with van der Waals surface area (Å²) in [7, 11) is 3.86. The highest BCUT2D eigenvalue weighted by molar-refractivity contribution is 5.37. The lowest BCUT2D eigenvalue weighted by atomic mass is 10.1. The van der Waals surface area contributed by atoms with Gasteiger partial charge in [-0.2, -0.15) is 0 Å². The van der Waals surface area contributed by atoms with Crippen molar-refractivity contribution in [2.45, 2.75) is 39.9 Å². The third kappa shape index (κ3) is 4.67. The second-order valence-electron chi connectivity index (χ2n) is 5.01. The molecule has 0 fully saturated rings. The van der Waals surface area contributed by atoms with E-state index in [4.69, 9.17) is 4.74 Å². The monoisotopic (exact) mass is 250 g/mol. The number of rotatable bonds is 7. The summed E-state index contributed by atoms with van der Waals surface area (Å²) in [6, 6.07) is 6.94. The molecule has 1 aromatic rings. The number of hydrogen-bond acceptors (Lipinski definition) is 3. The van der Waals surface area contributed by atoms with Gasteiger partial charge in [0.25, 0.3) is 0 Å². The van der Waals surface area contributed by atoms with E-state index in [-0.39, 0.29) is 0 Å². The molecule has 0 atom stereocenters. The minimum absolute atomic E-state index is 0.508. The second-order valence-corrected chi connectivity index (χ2v) is 5.01. The van der Waals surface area contributed by atoms with Crippen LogP contribution in [0, 0.1) is 0 Å². The van der Waals surface area contributed by atoms with Crippen molar-refractivity contribution in [3.8, 4) is 5.75 Å². The molecule has 0 aliphatic heterocycles. The van der Waals surface area contributed by atoms with Gasteiger partial charge >= 0.3 is 0 Å². The summed E-state index contributed by atoms with van der Waals surface area (Å²) < 4.78 is 5.42. The average molecular weight is 250 g/mol. The maximum Gasteiger partial charge on any atom is 0.123 e. The molecular formula is C15H26N2O. The van der Waals surface area contributed by atoms with Crippen LogP contribution in [0.15, 0.2) is 18.2 Å². The lowest BCUT2D eigenvalue weighted by Gasteiger charge is -2.17. The third-order valence-corrected chi connectivity index (χ3v) is 3.04. The van der Waals surface area contributed by atoms with E-state index in [1.165, 1.54) is 11.1 Å². The van der Waals surface area contributed by atoms with Crippen molar-refractivity contribution < 1.29 is 4.74 Å². The fourth-order valence-electron chi connectivity index (χ4n) is 1.79. The van der Waals surface area contributed by atoms with E-state index in [1.807, 2.05) is 0 Å². The van der Waals surface area contributed by atoms with E-state index >= 15 is 0 Å². The Morgan fingerprint density at radius 3 is 2.61 bits per heavy atom. The van der Waals surface area contributed by atoms with Crippen molar-refractivity contribution in [2.75, 3.05) is 20.7 Å². The molecule has 0 spiro atoms. The zero-order valence-corrected chi connectivity index (χ0v) is 12.3. The first kappa shape index (κ1) is 15.0. The van der Waals surface area contributed by atoms with Gasteiger partial charge in [-0.05, 0) is 31.3 Å². The van der Waals surface area contributed by atoms with Crippen molar-refractivity contribution in [3.05, 3.63) is 29.3 Å². The SMILES string of the molecule is CCN(C)Cc1cc(CNC(C)C)ccc1OC. The normalized spacial score (nSPS) is 11.3. The van der Waals surface area contributed by atoms with Gasteiger partial charge in [0.15, 0.2) is 0 Å². The Bertz CT molecular complexity index is 364. The van der Waals surface area contributed by atoms with Crippen molar-refractivity contribution in [1.29, 1.82) is 0 Å². The molecular weight excluding hydrogens is 224 g/mol. The number of hydrogen-bond donors (Lipinski definition) is 1. The van der Waals surface area contributed by atoms with Gasteiger partial charge in [-0.3, -0.25) is 0 Å². The minimum atomic E-state index is 0.508. The first-order valence-corrected chi connectivity index (χ1v) is 6.64. The van der Waals surface area contributed by atoms with Crippen molar-refractivity contribution in [3.63, 3.8) is 0 Å². The molecule has 1 N–H and O–H groups in total. The van der Waals surface area contributed by atoms with Gasteiger partial charge in [0.1, 0.15) is 5.75 Å².